The van der Waals surface area contributed by atoms with E-state index in [-0.39, 0.29) is 6.10 Å². The van der Waals surface area contributed by atoms with E-state index in [4.69, 9.17) is 4.74 Å². The zero-order valence-corrected chi connectivity index (χ0v) is 12.5. The zero-order chi connectivity index (χ0) is 14.5. The predicted molar refractivity (Wildman–Crippen MR) is 80.8 cm³/mol. The van der Waals surface area contributed by atoms with Gasteiger partial charge in [0.2, 0.25) is 0 Å². The molecule has 108 valence electrons. The number of rotatable bonds is 4. The maximum absolute atomic E-state index is 9.44. The Kier molecular flexibility index (Phi) is 4.99. The SMILES string of the molecule is CCC1COC(C)CN1c1ccc(CNC)cc1C#N. The molecule has 0 aromatic heterocycles. The van der Waals surface area contributed by atoms with Crippen LogP contribution in [0.15, 0.2) is 18.2 Å². The van der Waals surface area contributed by atoms with Crippen LogP contribution >= 0.6 is 0 Å². The second-order valence-electron chi connectivity index (χ2n) is 5.35. The van der Waals surface area contributed by atoms with Crippen molar-refractivity contribution >= 4 is 5.69 Å². The number of nitrogens with zero attached hydrogens (tertiary/aromatic N) is 2. The van der Waals surface area contributed by atoms with Crippen LogP contribution in [0.5, 0.6) is 0 Å². The Morgan fingerprint density at radius 1 is 1.50 bits per heavy atom. The van der Waals surface area contributed by atoms with Crippen molar-refractivity contribution in [3.63, 3.8) is 0 Å². The molecule has 1 fully saturated rings. The lowest BCUT2D eigenvalue weighted by atomic mass is 10.0. The molecule has 4 nitrogen and oxygen atoms in total. The summed E-state index contributed by atoms with van der Waals surface area (Å²) < 4.78 is 5.73. The minimum Gasteiger partial charge on any atom is -0.375 e. The van der Waals surface area contributed by atoms with Crippen LogP contribution in [-0.2, 0) is 11.3 Å². The number of hydrogen-bond acceptors (Lipinski definition) is 4. The summed E-state index contributed by atoms with van der Waals surface area (Å²) in [5.74, 6) is 0. The fourth-order valence-corrected chi connectivity index (χ4v) is 2.71. The second kappa shape index (κ2) is 6.74. The van der Waals surface area contributed by atoms with Gasteiger partial charge in [-0.2, -0.15) is 5.26 Å². The van der Waals surface area contributed by atoms with Gasteiger partial charge in [0, 0.05) is 13.1 Å². The highest BCUT2D eigenvalue weighted by atomic mass is 16.5. The van der Waals surface area contributed by atoms with E-state index in [1.807, 2.05) is 13.1 Å². The van der Waals surface area contributed by atoms with Crippen LogP contribution in [0.4, 0.5) is 5.69 Å². The first-order chi connectivity index (χ1) is 9.69. The number of benzene rings is 1. The van der Waals surface area contributed by atoms with E-state index in [1.54, 1.807) is 0 Å². The Hall–Kier alpha value is -1.57. The molecule has 2 rings (SSSR count). The lowest BCUT2D eigenvalue weighted by molar-refractivity contribution is 0.0299. The fourth-order valence-electron chi connectivity index (χ4n) is 2.71. The van der Waals surface area contributed by atoms with Crippen molar-refractivity contribution in [2.24, 2.45) is 0 Å². The second-order valence-corrected chi connectivity index (χ2v) is 5.35. The Balaban J connectivity index is 2.32. The number of anilines is 1. The van der Waals surface area contributed by atoms with Crippen molar-refractivity contribution in [3.05, 3.63) is 29.3 Å². The molecule has 1 aliphatic rings. The van der Waals surface area contributed by atoms with Gasteiger partial charge in [0.1, 0.15) is 6.07 Å². The first-order valence-electron chi connectivity index (χ1n) is 7.25. The zero-order valence-electron chi connectivity index (χ0n) is 12.5. The summed E-state index contributed by atoms with van der Waals surface area (Å²) in [7, 11) is 1.91. The van der Waals surface area contributed by atoms with E-state index in [1.165, 1.54) is 0 Å². The highest BCUT2D eigenvalue weighted by Gasteiger charge is 2.27. The van der Waals surface area contributed by atoms with Crippen LogP contribution in [0.25, 0.3) is 0 Å². The van der Waals surface area contributed by atoms with Gasteiger partial charge in [-0.3, -0.25) is 0 Å². The largest absolute Gasteiger partial charge is 0.375 e. The molecule has 0 spiro atoms. The average molecular weight is 273 g/mol. The summed E-state index contributed by atoms with van der Waals surface area (Å²) in [5, 5.41) is 12.6. The number of ether oxygens (including phenoxy) is 1. The molecule has 0 bridgehead atoms. The number of nitrogens with one attached hydrogen (secondary N) is 1. The van der Waals surface area contributed by atoms with Crippen LogP contribution < -0.4 is 10.2 Å². The summed E-state index contributed by atoms with van der Waals surface area (Å²) in [6.45, 7) is 6.61. The highest BCUT2D eigenvalue weighted by Crippen LogP contribution is 2.27. The summed E-state index contributed by atoms with van der Waals surface area (Å²) in [6, 6.07) is 8.85. The first kappa shape index (κ1) is 14.8. The van der Waals surface area contributed by atoms with Crippen molar-refractivity contribution in [2.45, 2.75) is 39.0 Å². The predicted octanol–water partition coefficient (Wildman–Crippen LogP) is 2.28. The molecule has 2 atom stereocenters. The van der Waals surface area contributed by atoms with Gasteiger partial charge in [0.15, 0.2) is 0 Å². The summed E-state index contributed by atoms with van der Waals surface area (Å²) in [5.41, 5.74) is 2.93. The highest BCUT2D eigenvalue weighted by molar-refractivity contribution is 5.61. The molecule has 1 N–H and O–H groups in total. The van der Waals surface area contributed by atoms with Crippen molar-refractivity contribution in [1.29, 1.82) is 5.26 Å². The van der Waals surface area contributed by atoms with Gasteiger partial charge < -0.3 is 15.0 Å². The topological polar surface area (TPSA) is 48.3 Å². The van der Waals surface area contributed by atoms with E-state index in [9.17, 15) is 5.26 Å². The van der Waals surface area contributed by atoms with E-state index in [2.05, 4.69) is 42.3 Å². The van der Waals surface area contributed by atoms with Crippen LogP contribution in [0.2, 0.25) is 0 Å². The van der Waals surface area contributed by atoms with Gasteiger partial charge in [0.05, 0.1) is 30.0 Å². The van der Waals surface area contributed by atoms with Gasteiger partial charge in [-0.25, -0.2) is 0 Å². The minimum absolute atomic E-state index is 0.210. The normalized spacial score (nSPS) is 22.6. The Morgan fingerprint density at radius 3 is 2.95 bits per heavy atom. The molecule has 4 heteroatoms. The maximum atomic E-state index is 9.44. The molecule has 1 saturated heterocycles. The van der Waals surface area contributed by atoms with Crippen molar-refractivity contribution in [3.8, 4) is 6.07 Å². The molecule has 1 aromatic carbocycles. The molecular formula is C16H23N3O. The van der Waals surface area contributed by atoms with Crippen molar-refractivity contribution < 1.29 is 4.74 Å². The molecule has 2 unspecified atom stereocenters. The molecule has 0 amide bonds. The maximum Gasteiger partial charge on any atom is 0.101 e. The van der Waals surface area contributed by atoms with E-state index < -0.39 is 0 Å². The van der Waals surface area contributed by atoms with Gasteiger partial charge >= 0.3 is 0 Å². The molecule has 1 heterocycles. The van der Waals surface area contributed by atoms with E-state index in [0.717, 1.165) is 42.9 Å². The standard InChI is InChI=1S/C16H23N3O/c1-4-15-11-20-12(2)10-19(15)16-6-5-13(9-18-3)7-14(16)8-17/h5-7,12,15,18H,4,9-11H2,1-3H3. The molecule has 0 saturated carbocycles. The van der Waals surface area contributed by atoms with E-state index in [0.29, 0.717) is 6.04 Å². The Morgan fingerprint density at radius 2 is 2.30 bits per heavy atom. The molecule has 1 aromatic rings. The summed E-state index contributed by atoms with van der Waals surface area (Å²) in [6.07, 6.45) is 1.23. The quantitative estimate of drug-likeness (QED) is 0.914. The van der Waals surface area contributed by atoms with Crippen LogP contribution in [-0.4, -0.2) is 32.3 Å². The smallest absolute Gasteiger partial charge is 0.101 e. The molecule has 1 aliphatic heterocycles. The lowest BCUT2D eigenvalue weighted by Gasteiger charge is -2.40. The third-order valence-corrected chi connectivity index (χ3v) is 3.81. The monoisotopic (exact) mass is 273 g/mol. The average Bonchev–Trinajstić information content (AvgIpc) is 2.47. The third kappa shape index (κ3) is 3.12. The summed E-state index contributed by atoms with van der Waals surface area (Å²) >= 11 is 0. The molecular weight excluding hydrogens is 250 g/mol. The first-order valence-corrected chi connectivity index (χ1v) is 7.25. The number of hydrogen-bond donors (Lipinski definition) is 1. The van der Waals surface area contributed by atoms with Crippen LogP contribution in [0.1, 0.15) is 31.4 Å². The van der Waals surface area contributed by atoms with Crippen molar-refractivity contribution in [2.75, 3.05) is 25.1 Å². The van der Waals surface area contributed by atoms with Gasteiger partial charge in [0.25, 0.3) is 0 Å². The van der Waals surface area contributed by atoms with Gasteiger partial charge in [-0.1, -0.05) is 13.0 Å². The molecule has 0 aliphatic carbocycles. The summed E-state index contributed by atoms with van der Waals surface area (Å²) in [4.78, 5) is 2.33. The Labute approximate surface area is 121 Å². The molecule has 20 heavy (non-hydrogen) atoms. The van der Waals surface area contributed by atoms with Gasteiger partial charge in [-0.15, -0.1) is 0 Å². The van der Waals surface area contributed by atoms with Crippen LogP contribution in [0, 0.1) is 11.3 Å². The van der Waals surface area contributed by atoms with Crippen LogP contribution in [0.3, 0.4) is 0 Å². The third-order valence-electron chi connectivity index (χ3n) is 3.81. The Bertz CT molecular complexity index is 495. The lowest BCUT2D eigenvalue weighted by Crippen LogP contribution is -2.49. The van der Waals surface area contributed by atoms with Gasteiger partial charge in [-0.05, 0) is 38.1 Å². The van der Waals surface area contributed by atoms with Crippen molar-refractivity contribution in [1.82, 2.24) is 5.32 Å². The fraction of sp³-hybridized carbons (Fsp3) is 0.562. The number of nitriles is 1. The number of morpholine rings is 1. The van der Waals surface area contributed by atoms with E-state index >= 15 is 0 Å². The molecule has 0 radical (unpaired) electrons. The minimum atomic E-state index is 0.210.